The average molecular weight is 343 g/mol. The summed E-state index contributed by atoms with van der Waals surface area (Å²) in [7, 11) is 1.69. The molecule has 0 aromatic carbocycles. The Kier molecular flexibility index (Phi) is 11.9. The molecule has 0 aromatic rings. The Morgan fingerprint density at radius 2 is 1.88 bits per heavy atom. The van der Waals surface area contributed by atoms with Gasteiger partial charge in [-0.15, -0.1) is 0 Å². The molecule has 0 aromatic heterocycles. The third-order valence-corrected chi connectivity index (χ3v) is 4.35. The van der Waals surface area contributed by atoms with E-state index in [4.69, 9.17) is 14.5 Å². The molecule has 1 saturated heterocycles. The number of nitrogens with one attached hydrogen (secondary N) is 2. The van der Waals surface area contributed by atoms with Crippen molar-refractivity contribution in [3.8, 4) is 0 Å². The zero-order chi connectivity index (χ0) is 17.6. The fourth-order valence-corrected chi connectivity index (χ4v) is 2.97. The van der Waals surface area contributed by atoms with Crippen molar-refractivity contribution in [2.24, 2.45) is 10.9 Å². The van der Waals surface area contributed by atoms with Crippen molar-refractivity contribution in [2.45, 2.75) is 46.1 Å². The van der Waals surface area contributed by atoms with Crippen molar-refractivity contribution < 1.29 is 9.47 Å². The molecule has 24 heavy (non-hydrogen) atoms. The van der Waals surface area contributed by atoms with Gasteiger partial charge in [-0.1, -0.05) is 13.8 Å². The maximum atomic E-state index is 5.48. The molecule has 1 rings (SSSR count). The van der Waals surface area contributed by atoms with Crippen molar-refractivity contribution in [3.05, 3.63) is 0 Å². The van der Waals surface area contributed by atoms with Gasteiger partial charge in [0, 0.05) is 32.8 Å². The summed E-state index contributed by atoms with van der Waals surface area (Å²) in [6, 6.07) is 0.542. The molecule has 1 aliphatic rings. The van der Waals surface area contributed by atoms with E-state index in [1.54, 1.807) is 7.11 Å². The summed E-state index contributed by atoms with van der Waals surface area (Å²) in [4.78, 5) is 7.42. The molecule has 1 atom stereocenters. The van der Waals surface area contributed by atoms with Gasteiger partial charge in [0.2, 0.25) is 0 Å². The highest BCUT2D eigenvalue weighted by atomic mass is 16.5. The second-order valence-corrected chi connectivity index (χ2v) is 6.66. The third-order valence-electron chi connectivity index (χ3n) is 4.35. The van der Waals surface area contributed by atoms with Gasteiger partial charge in [-0.2, -0.15) is 0 Å². The number of guanidine groups is 1. The number of nitrogens with zero attached hydrogens (tertiary/aromatic N) is 2. The molecule has 1 fully saturated rings. The predicted molar refractivity (Wildman–Crippen MR) is 101 cm³/mol. The van der Waals surface area contributed by atoms with Gasteiger partial charge in [-0.25, -0.2) is 0 Å². The van der Waals surface area contributed by atoms with Gasteiger partial charge in [0.05, 0.1) is 19.8 Å². The van der Waals surface area contributed by atoms with Crippen LogP contribution in [0.4, 0.5) is 0 Å². The van der Waals surface area contributed by atoms with Crippen LogP contribution in [0.1, 0.15) is 40.0 Å². The van der Waals surface area contributed by atoms with Gasteiger partial charge in [0.1, 0.15) is 0 Å². The molecule has 142 valence electrons. The highest BCUT2D eigenvalue weighted by Crippen LogP contribution is 2.17. The lowest BCUT2D eigenvalue weighted by molar-refractivity contribution is 0.0698. The quantitative estimate of drug-likeness (QED) is 0.321. The van der Waals surface area contributed by atoms with Crippen LogP contribution in [0.5, 0.6) is 0 Å². The van der Waals surface area contributed by atoms with Crippen LogP contribution in [-0.4, -0.2) is 76.6 Å². The Morgan fingerprint density at radius 3 is 2.50 bits per heavy atom. The Balaban J connectivity index is 2.34. The third kappa shape index (κ3) is 8.85. The number of hydrogen-bond acceptors (Lipinski definition) is 4. The summed E-state index contributed by atoms with van der Waals surface area (Å²) in [5, 5.41) is 6.74. The molecule has 0 radical (unpaired) electrons. The minimum absolute atomic E-state index is 0.542. The largest absolute Gasteiger partial charge is 0.382 e. The maximum Gasteiger partial charge on any atom is 0.191 e. The zero-order valence-corrected chi connectivity index (χ0v) is 16.1. The lowest BCUT2D eigenvalue weighted by atomic mass is 10.0. The molecule has 1 aliphatic heterocycles. The SMILES string of the molecule is CCNC(=NCC(C(C)C)N1CCCC1)NCCCOCCOC. The van der Waals surface area contributed by atoms with Gasteiger partial charge in [0.25, 0.3) is 0 Å². The monoisotopic (exact) mass is 342 g/mol. The molecule has 0 saturated carbocycles. The van der Waals surface area contributed by atoms with Crippen molar-refractivity contribution in [1.82, 2.24) is 15.5 Å². The van der Waals surface area contributed by atoms with Gasteiger partial charge < -0.3 is 20.1 Å². The lowest BCUT2D eigenvalue weighted by Crippen LogP contribution is -2.42. The Labute approximate surface area is 148 Å². The van der Waals surface area contributed by atoms with Gasteiger partial charge in [-0.05, 0) is 45.2 Å². The first-order valence-electron chi connectivity index (χ1n) is 9.52. The van der Waals surface area contributed by atoms with Crippen molar-refractivity contribution in [2.75, 3.05) is 59.7 Å². The van der Waals surface area contributed by atoms with Gasteiger partial charge in [0.15, 0.2) is 5.96 Å². The second kappa shape index (κ2) is 13.4. The summed E-state index contributed by atoms with van der Waals surface area (Å²) in [6.07, 6.45) is 3.62. The van der Waals surface area contributed by atoms with E-state index in [1.165, 1.54) is 25.9 Å². The molecular weight excluding hydrogens is 304 g/mol. The number of likely N-dealkylation sites (tertiary alicyclic amines) is 1. The average Bonchev–Trinajstić information content (AvgIpc) is 3.08. The number of methoxy groups -OCH3 is 1. The van der Waals surface area contributed by atoms with Crippen LogP contribution in [0, 0.1) is 5.92 Å². The fourth-order valence-electron chi connectivity index (χ4n) is 2.97. The zero-order valence-electron chi connectivity index (χ0n) is 16.1. The summed E-state index contributed by atoms with van der Waals surface area (Å²) >= 11 is 0. The summed E-state index contributed by atoms with van der Waals surface area (Å²) < 4.78 is 10.4. The number of rotatable bonds is 12. The van der Waals surface area contributed by atoms with Crippen LogP contribution in [0.2, 0.25) is 0 Å². The van der Waals surface area contributed by atoms with E-state index >= 15 is 0 Å². The molecule has 6 heteroatoms. The smallest absolute Gasteiger partial charge is 0.191 e. The summed E-state index contributed by atoms with van der Waals surface area (Å²) in [5.41, 5.74) is 0. The molecule has 0 amide bonds. The number of aliphatic imine (C=N–C) groups is 1. The van der Waals surface area contributed by atoms with Crippen LogP contribution in [0.3, 0.4) is 0 Å². The molecule has 0 aliphatic carbocycles. The molecule has 1 unspecified atom stereocenters. The van der Waals surface area contributed by atoms with Crippen molar-refractivity contribution >= 4 is 5.96 Å². The summed E-state index contributed by atoms with van der Waals surface area (Å²) in [5.74, 6) is 1.54. The van der Waals surface area contributed by atoms with Crippen LogP contribution in [0.25, 0.3) is 0 Å². The standard InChI is InChI=1S/C18H38N4O2/c1-5-19-18(20-9-8-12-24-14-13-23-4)21-15-17(16(2)3)22-10-6-7-11-22/h16-17H,5-15H2,1-4H3,(H2,19,20,21). The molecule has 6 nitrogen and oxygen atoms in total. The topological polar surface area (TPSA) is 58.1 Å². The van der Waals surface area contributed by atoms with Crippen LogP contribution in [0.15, 0.2) is 4.99 Å². The van der Waals surface area contributed by atoms with Crippen LogP contribution in [-0.2, 0) is 9.47 Å². The van der Waals surface area contributed by atoms with E-state index in [0.717, 1.165) is 38.6 Å². The lowest BCUT2D eigenvalue weighted by Gasteiger charge is -2.29. The first-order chi connectivity index (χ1) is 11.7. The number of hydrogen-bond donors (Lipinski definition) is 2. The van der Waals surface area contributed by atoms with E-state index in [1.807, 2.05) is 0 Å². The van der Waals surface area contributed by atoms with E-state index < -0.39 is 0 Å². The molecule has 1 heterocycles. The Bertz CT molecular complexity index is 331. The van der Waals surface area contributed by atoms with Gasteiger partial charge in [-0.3, -0.25) is 9.89 Å². The highest BCUT2D eigenvalue weighted by Gasteiger charge is 2.24. The van der Waals surface area contributed by atoms with Crippen LogP contribution < -0.4 is 10.6 Å². The van der Waals surface area contributed by atoms with E-state index in [2.05, 4.69) is 36.3 Å². The molecular formula is C18H38N4O2. The Hall–Kier alpha value is -0.850. The maximum absolute atomic E-state index is 5.48. The van der Waals surface area contributed by atoms with Crippen LogP contribution >= 0.6 is 0 Å². The molecule has 0 bridgehead atoms. The van der Waals surface area contributed by atoms with Crippen molar-refractivity contribution in [1.29, 1.82) is 0 Å². The first kappa shape index (κ1) is 21.2. The summed E-state index contributed by atoms with van der Waals surface area (Å²) in [6.45, 7) is 13.8. The normalized spacial score (nSPS) is 17.5. The van der Waals surface area contributed by atoms with Crippen molar-refractivity contribution in [3.63, 3.8) is 0 Å². The predicted octanol–water partition coefficient (Wildman–Crippen LogP) is 1.72. The molecule has 0 spiro atoms. The minimum Gasteiger partial charge on any atom is -0.382 e. The first-order valence-corrected chi connectivity index (χ1v) is 9.52. The second-order valence-electron chi connectivity index (χ2n) is 6.66. The Morgan fingerprint density at radius 1 is 1.12 bits per heavy atom. The van der Waals surface area contributed by atoms with Gasteiger partial charge >= 0.3 is 0 Å². The fraction of sp³-hybridized carbons (Fsp3) is 0.944. The number of ether oxygens (including phenoxy) is 2. The molecule has 2 N–H and O–H groups in total. The highest BCUT2D eigenvalue weighted by molar-refractivity contribution is 5.79. The minimum atomic E-state index is 0.542. The van der Waals surface area contributed by atoms with E-state index in [-0.39, 0.29) is 0 Å². The van der Waals surface area contributed by atoms with E-state index in [9.17, 15) is 0 Å². The van der Waals surface area contributed by atoms with E-state index in [0.29, 0.717) is 25.2 Å².